The first-order chi connectivity index (χ1) is 13.2. The Labute approximate surface area is 166 Å². The Morgan fingerprint density at radius 3 is 3.00 bits per heavy atom. The van der Waals surface area contributed by atoms with Crippen molar-refractivity contribution < 1.29 is 14.3 Å². The van der Waals surface area contributed by atoms with Crippen LogP contribution in [0.15, 0.2) is 9.95 Å². The smallest absolute Gasteiger partial charge is 0.316 e. The number of hydrogen-bond donors (Lipinski definition) is 0. The van der Waals surface area contributed by atoms with Crippen molar-refractivity contribution >= 4 is 39.3 Å². The summed E-state index contributed by atoms with van der Waals surface area (Å²) in [5.41, 5.74) is 1.21. The Kier molecular flexibility index (Phi) is 5.85. The molecule has 146 valence electrons. The molecule has 0 radical (unpaired) electrons. The summed E-state index contributed by atoms with van der Waals surface area (Å²) < 4.78 is 12.5. The minimum Gasteiger partial charge on any atom is -0.465 e. The second-order valence-electron chi connectivity index (χ2n) is 6.93. The molecule has 2 aromatic rings. The number of thiophene rings is 1. The Balaban J connectivity index is 1.73. The quantitative estimate of drug-likeness (QED) is 0.415. The van der Waals surface area contributed by atoms with E-state index in [2.05, 4.69) is 0 Å². The van der Waals surface area contributed by atoms with Crippen LogP contribution in [0.4, 0.5) is 0 Å². The number of aromatic nitrogens is 2. The van der Waals surface area contributed by atoms with Crippen LogP contribution in [-0.2, 0) is 33.7 Å². The number of esters is 1. The Hall–Kier alpha value is -1.38. The molecule has 1 atom stereocenters. The van der Waals surface area contributed by atoms with Crippen molar-refractivity contribution in [3.8, 4) is 0 Å². The molecule has 1 saturated heterocycles. The van der Waals surface area contributed by atoms with Gasteiger partial charge in [0.05, 0.1) is 30.4 Å². The van der Waals surface area contributed by atoms with E-state index in [9.17, 15) is 9.59 Å². The van der Waals surface area contributed by atoms with Crippen LogP contribution in [0.5, 0.6) is 0 Å². The molecule has 4 rings (SSSR count). The first-order valence-corrected chi connectivity index (χ1v) is 11.4. The third-order valence-electron chi connectivity index (χ3n) is 5.07. The first kappa shape index (κ1) is 19.0. The van der Waals surface area contributed by atoms with Crippen LogP contribution in [0.3, 0.4) is 0 Å². The van der Waals surface area contributed by atoms with Crippen LogP contribution in [0.2, 0.25) is 0 Å². The fourth-order valence-electron chi connectivity index (χ4n) is 3.81. The largest absolute Gasteiger partial charge is 0.465 e. The zero-order chi connectivity index (χ0) is 18.8. The topological polar surface area (TPSA) is 70.4 Å². The molecule has 0 N–H and O–H groups in total. The molecule has 1 fully saturated rings. The molecule has 2 aliphatic rings. The van der Waals surface area contributed by atoms with Crippen molar-refractivity contribution in [1.29, 1.82) is 0 Å². The van der Waals surface area contributed by atoms with Crippen molar-refractivity contribution in [3.05, 3.63) is 20.8 Å². The number of thioether (sulfide) groups is 1. The summed E-state index contributed by atoms with van der Waals surface area (Å²) in [4.78, 5) is 32.1. The van der Waals surface area contributed by atoms with Crippen LogP contribution in [0, 0.1) is 0 Å². The molecular weight excluding hydrogens is 384 g/mol. The van der Waals surface area contributed by atoms with Gasteiger partial charge >= 0.3 is 5.97 Å². The fraction of sp³-hybridized carbons (Fsp3) is 0.632. The predicted molar refractivity (Wildman–Crippen MR) is 107 cm³/mol. The van der Waals surface area contributed by atoms with E-state index in [0.717, 1.165) is 48.9 Å². The van der Waals surface area contributed by atoms with Gasteiger partial charge in [-0.05, 0) is 51.0 Å². The van der Waals surface area contributed by atoms with Gasteiger partial charge in [-0.15, -0.1) is 11.3 Å². The van der Waals surface area contributed by atoms with Gasteiger partial charge < -0.3 is 9.47 Å². The van der Waals surface area contributed by atoms with E-state index in [1.165, 1.54) is 28.6 Å². The number of nitrogens with zero attached hydrogens (tertiary/aromatic N) is 2. The minimum absolute atomic E-state index is 0.0151. The molecule has 1 aliphatic heterocycles. The van der Waals surface area contributed by atoms with Gasteiger partial charge in [0.25, 0.3) is 5.56 Å². The van der Waals surface area contributed by atoms with Crippen molar-refractivity contribution in [2.45, 2.75) is 63.3 Å². The molecule has 1 aliphatic carbocycles. The number of ether oxygens (including phenoxy) is 2. The van der Waals surface area contributed by atoms with Gasteiger partial charge in [-0.2, -0.15) is 0 Å². The van der Waals surface area contributed by atoms with Crippen molar-refractivity contribution in [3.63, 3.8) is 0 Å². The van der Waals surface area contributed by atoms with E-state index in [0.29, 0.717) is 18.3 Å². The molecule has 0 saturated carbocycles. The van der Waals surface area contributed by atoms with E-state index in [-0.39, 0.29) is 23.4 Å². The number of carbonyl (C=O) groups is 1. The lowest BCUT2D eigenvalue weighted by Crippen LogP contribution is -2.29. The molecule has 0 amide bonds. The van der Waals surface area contributed by atoms with Gasteiger partial charge in [0, 0.05) is 11.5 Å². The average molecular weight is 409 g/mol. The summed E-state index contributed by atoms with van der Waals surface area (Å²) in [6.07, 6.45) is 6.31. The number of hydrogen-bond acceptors (Lipinski definition) is 7. The van der Waals surface area contributed by atoms with Crippen LogP contribution in [-0.4, -0.2) is 40.6 Å². The molecule has 0 aromatic carbocycles. The summed E-state index contributed by atoms with van der Waals surface area (Å²) in [6, 6.07) is 0. The highest BCUT2D eigenvalue weighted by molar-refractivity contribution is 7.99. The summed E-state index contributed by atoms with van der Waals surface area (Å²) in [6.45, 7) is 3.38. The molecular formula is C19H24N2O4S2. The molecule has 6 nitrogen and oxygen atoms in total. The van der Waals surface area contributed by atoms with E-state index in [1.54, 1.807) is 22.8 Å². The average Bonchev–Trinajstić information content (AvgIpc) is 3.30. The van der Waals surface area contributed by atoms with Crippen LogP contribution >= 0.6 is 23.1 Å². The van der Waals surface area contributed by atoms with Crippen molar-refractivity contribution in [2.75, 3.05) is 19.0 Å². The molecule has 0 unspecified atom stereocenters. The molecule has 2 aromatic heterocycles. The van der Waals surface area contributed by atoms with Gasteiger partial charge in [0.15, 0.2) is 5.16 Å². The number of fused-ring (bicyclic) bond motifs is 3. The van der Waals surface area contributed by atoms with E-state index >= 15 is 0 Å². The van der Waals surface area contributed by atoms with Crippen LogP contribution in [0.1, 0.15) is 43.0 Å². The highest BCUT2D eigenvalue weighted by Gasteiger charge is 2.25. The van der Waals surface area contributed by atoms with Crippen molar-refractivity contribution in [1.82, 2.24) is 9.55 Å². The van der Waals surface area contributed by atoms with Crippen LogP contribution in [0.25, 0.3) is 10.2 Å². The summed E-state index contributed by atoms with van der Waals surface area (Å²) in [5, 5.41) is 1.38. The zero-order valence-corrected chi connectivity index (χ0v) is 17.1. The van der Waals surface area contributed by atoms with Gasteiger partial charge in [-0.1, -0.05) is 11.8 Å². The summed E-state index contributed by atoms with van der Waals surface area (Å²) in [7, 11) is 0. The highest BCUT2D eigenvalue weighted by Crippen LogP contribution is 2.35. The second-order valence-corrected chi connectivity index (χ2v) is 8.96. The molecule has 8 heteroatoms. The molecule has 3 heterocycles. The van der Waals surface area contributed by atoms with Gasteiger partial charge in [0.1, 0.15) is 4.83 Å². The third-order valence-corrected chi connectivity index (χ3v) is 7.21. The van der Waals surface area contributed by atoms with E-state index in [1.807, 2.05) is 0 Å². The summed E-state index contributed by atoms with van der Waals surface area (Å²) in [5.74, 6) is -0.131. The van der Waals surface area contributed by atoms with Crippen LogP contribution < -0.4 is 5.56 Å². The molecule has 0 bridgehead atoms. The predicted octanol–water partition coefficient (Wildman–Crippen LogP) is 3.17. The third kappa shape index (κ3) is 3.93. The first-order valence-electron chi connectivity index (χ1n) is 9.62. The SMILES string of the molecule is CCOC(=O)CSc1nc2sc3c(c2c(=O)n1C[C@@H]1CCCO1)CCCC3. The maximum atomic E-state index is 13.4. The molecule has 27 heavy (non-hydrogen) atoms. The standard InChI is InChI=1S/C19H24N2O4S2/c1-2-24-15(22)11-26-19-20-17-16(13-7-3-4-8-14(13)27-17)18(23)21(19)10-12-6-5-9-25-12/h12H,2-11H2,1H3/t12-/m0/s1. The van der Waals surface area contributed by atoms with Gasteiger partial charge in [-0.25, -0.2) is 4.98 Å². The number of rotatable bonds is 6. The lowest BCUT2D eigenvalue weighted by Gasteiger charge is -2.16. The Bertz CT molecular complexity index is 899. The minimum atomic E-state index is -0.286. The number of aryl methyl sites for hydroxylation is 2. The Morgan fingerprint density at radius 1 is 1.37 bits per heavy atom. The maximum Gasteiger partial charge on any atom is 0.316 e. The fourth-order valence-corrected chi connectivity index (χ4v) is 5.92. The van der Waals surface area contributed by atoms with Gasteiger partial charge in [-0.3, -0.25) is 14.2 Å². The normalized spacial score (nSPS) is 19.4. The van der Waals surface area contributed by atoms with E-state index in [4.69, 9.17) is 14.5 Å². The van der Waals surface area contributed by atoms with Gasteiger partial charge in [0.2, 0.25) is 0 Å². The number of carbonyl (C=O) groups excluding carboxylic acids is 1. The summed E-state index contributed by atoms with van der Waals surface area (Å²) >= 11 is 2.92. The lowest BCUT2D eigenvalue weighted by atomic mass is 9.97. The Morgan fingerprint density at radius 2 is 2.22 bits per heavy atom. The van der Waals surface area contributed by atoms with E-state index < -0.39 is 0 Å². The monoisotopic (exact) mass is 408 g/mol. The lowest BCUT2D eigenvalue weighted by molar-refractivity contribution is -0.139. The molecule has 0 spiro atoms. The second kappa shape index (κ2) is 8.32. The maximum absolute atomic E-state index is 13.4. The van der Waals surface area contributed by atoms with Crippen molar-refractivity contribution in [2.24, 2.45) is 0 Å². The zero-order valence-electron chi connectivity index (χ0n) is 15.5. The highest BCUT2D eigenvalue weighted by atomic mass is 32.2.